The molecule has 1 atom stereocenters. The molecule has 1 N–H and O–H groups in total. The standard InChI is InChI=1S/C14H21BrN2/c1-3-4-8-17-10-11(2)16-9-12-6-5-7-13(15)14(12)17/h5-7,11,16H,3-4,8-10H2,1-2H3. The molecule has 3 heteroatoms. The van der Waals surface area contributed by atoms with Crippen LogP contribution in [-0.4, -0.2) is 19.1 Å². The third kappa shape index (κ3) is 3.02. The van der Waals surface area contributed by atoms with Gasteiger partial charge in [-0.15, -0.1) is 0 Å². The molecule has 0 fully saturated rings. The van der Waals surface area contributed by atoms with Crippen LogP contribution in [0.2, 0.25) is 0 Å². The quantitative estimate of drug-likeness (QED) is 0.918. The molecular weight excluding hydrogens is 276 g/mol. The van der Waals surface area contributed by atoms with Crippen LogP contribution in [0.25, 0.3) is 0 Å². The highest BCUT2D eigenvalue weighted by atomic mass is 79.9. The Morgan fingerprint density at radius 2 is 2.29 bits per heavy atom. The highest BCUT2D eigenvalue weighted by Crippen LogP contribution is 2.32. The lowest BCUT2D eigenvalue weighted by Gasteiger charge is -2.27. The molecule has 0 spiro atoms. The zero-order valence-electron chi connectivity index (χ0n) is 10.7. The van der Waals surface area contributed by atoms with Gasteiger partial charge in [0.05, 0.1) is 5.69 Å². The monoisotopic (exact) mass is 296 g/mol. The first kappa shape index (κ1) is 12.9. The molecule has 1 aliphatic heterocycles. The highest BCUT2D eigenvalue weighted by molar-refractivity contribution is 9.10. The first-order valence-corrected chi connectivity index (χ1v) is 7.27. The Hall–Kier alpha value is -0.540. The number of benzene rings is 1. The summed E-state index contributed by atoms with van der Waals surface area (Å²) in [5.74, 6) is 0. The summed E-state index contributed by atoms with van der Waals surface area (Å²) in [5.41, 5.74) is 2.79. The van der Waals surface area contributed by atoms with Crippen LogP contribution in [0.4, 0.5) is 5.69 Å². The lowest BCUT2D eigenvalue weighted by atomic mass is 10.1. The average molecular weight is 297 g/mol. The molecule has 17 heavy (non-hydrogen) atoms. The molecule has 0 amide bonds. The second-order valence-corrected chi connectivity index (χ2v) is 5.68. The van der Waals surface area contributed by atoms with Crippen LogP contribution in [0.3, 0.4) is 0 Å². The van der Waals surface area contributed by atoms with Crippen molar-refractivity contribution in [3.63, 3.8) is 0 Å². The van der Waals surface area contributed by atoms with E-state index in [4.69, 9.17) is 0 Å². The maximum atomic E-state index is 3.70. The van der Waals surface area contributed by atoms with Crippen molar-refractivity contribution in [3.8, 4) is 0 Å². The summed E-state index contributed by atoms with van der Waals surface area (Å²) in [5, 5.41) is 3.57. The second kappa shape index (κ2) is 5.87. The topological polar surface area (TPSA) is 15.3 Å². The van der Waals surface area contributed by atoms with Gasteiger partial charge in [-0.05, 0) is 40.9 Å². The van der Waals surface area contributed by atoms with Gasteiger partial charge < -0.3 is 10.2 Å². The Balaban J connectivity index is 2.30. The fraction of sp³-hybridized carbons (Fsp3) is 0.571. The number of rotatable bonds is 3. The van der Waals surface area contributed by atoms with Crippen LogP contribution in [-0.2, 0) is 6.54 Å². The summed E-state index contributed by atoms with van der Waals surface area (Å²) in [6.45, 7) is 7.73. The van der Waals surface area contributed by atoms with Crippen LogP contribution in [0.15, 0.2) is 22.7 Å². The molecule has 0 saturated carbocycles. The summed E-state index contributed by atoms with van der Waals surface area (Å²) in [6, 6.07) is 7.04. The first-order valence-electron chi connectivity index (χ1n) is 6.48. The Kier molecular flexibility index (Phi) is 4.46. The minimum atomic E-state index is 0.547. The van der Waals surface area contributed by atoms with Gasteiger partial charge in [0.25, 0.3) is 0 Å². The van der Waals surface area contributed by atoms with Crippen LogP contribution in [0.1, 0.15) is 32.3 Å². The van der Waals surface area contributed by atoms with Crippen molar-refractivity contribution in [2.75, 3.05) is 18.0 Å². The third-order valence-electron chi connectivity index (χ3n) is 3.30. The predicted octanol–water partition coefficient (Wildman–Crippen LogP) is 3.55. The summed E-state index contributed by atoms with van der Waals surface area (Å²) in [6.07, 6.45) is 2.51. The van der Waals surface area contributed by atoms with Gasteiger partial charge in [0, 0.05) is 30.1 Å². The summed E-state index contributed by atoms with van der Waals surface area (Å²) in [4.78, 5) is 2.52. The van der Waals surface area contributed by atoms with Crippen LogP contribution in [0, 0.1) is 0 Å². The van der Waals surface area contributed by atoms with Gasteiger partial charge in [-0.2, -0.15) is 0 Å². The number of fused-ring (bicyclic) bond motifs is 1. The number of para-hydroxylation sites is 1. The molecule has 0 aliphatic carbocycles. The fourth-order valence-corrected chi connectivity index (χ4v) is 3.04. The molecule has 1 aromatic carbocycles. The zero-order valence-corrected chi connectivity index (χ0v) is 12.3. The van der Waals surface area contributed by atoms with E-state index in [1.54, 1.807) is 0 Å². The van der Waals surface area contributed by atoms with Crippen molar-refractivity contribution < 1.29 is 0 Å². The number of nitrogens with one attached hydrogen (secondary N) is 1. The molecule has 2 rings (SSSR count). The molecule has 1 aromatic rings. The van der Waals surface area contributed by atoms with Gasteiger partial charge in [-0.1, -0.05) is 25.5 Å². The number of halogens is 1. The average Bonchev–Trinajstić information content (AvgIpc) is 2.47. The Bertz CT molecular complexity index is 378. The summed E-state index contributed by atoms with van der Waals surface area (Å²) in [7, 11) is 0. The highest BCUT2D eigenvalue weighted by Gasteiger charge is 2.20. The molecule has 1 unspecified atom stereocenters. The van der Waals surface area contributed by atoms with Crippen molar-refractivity contribution >= 4 is 21.6 Å². The van der Waals surface area contributed by atoms with E-state index in [1.807, 2.05) is 0 Å². The number of nitrogens with zero attached hydrogens (tertiary/aromatic N) is 1. The summed E-state index contributed by atoms with van der Waals surface area (Å²) < 4.78 is 1.22. The molecule has 0 bridgehead atoms. The summed E-state index contributed by atoms with van der Waals surface area (Å²) >= 11 is 3.70. The molecule has 94 valence electrons. The van der Waals surface area contributed by atoms with Gasteiger partial charge in [0.15, 0.2) is 0 Å². The Morgan fingerprint density at radius 1 is 1.47 bits per heavy atom. The largest absolute Gasteiger partial charge is 0.369 e. The molecule has 2 nitrogen and oxygen atoms in total. The molecular formula is C14H21BrN2. The smallest absolute Gasteiger partial charge is 0.0556 e. The van der Waals surface area contributed by atoms with Crippen molar-refractivity contribution in [1.82, 2.24) is 5.32 Å². The first-order chi connectivity index (χ1) is 8.22. The van der Waals surface area contributed by atoms with Gasteiger partial charge >= 0.3 is 0 Å². The van der Waals surface area contributed by atoms with Gasteiger partial charge in [-0.3, -0.25) is 0 Å². The molecule has 1 aliphatic rings. The third-order valence-corrected chi connectivity index (χ3v) is 3.94. The van der Waals surface area contributed by atoms with E-state index in [2.05, 4.69) is 58.2 Å². The molecule has 0 radical (unpaired) electrons. The van der Waals surface area contributed by atoms with Crippen molar-refractivity contribution in [1.29, 1.82) is 0 Å². The van der Waals surface area contributed by atoms with Crippen molar-refractivity contribution in [2.45, 2.75) is 39.3 Å². The normalized spacial score (nSPS) is 19.9. The zero-order chi connectivity index (χ0) is 12.3. The predicted molar refractivity (Wildman–Crippen MR) is 77.6 cm³/mol. The minimum Gasteiger partial charge on any atom is -0.369 e. The van der Waals surface area contributed by atoms with Crippen LogP contribution >= 0.6 is 15.9 Å². The van der Waals surface area contributed by atoms with Crippen LogP contribution in [0.5, 0.6) is 0 Å². The van der Waals surface area contributed by atoms with E-state index in [0.717, 1.165) is 19.6 Å². The maximum absolute atomic E-state index is 3.70. The lowest BCUT2D eigenvalue weighted by Crippen LogP contribution is -2.36. The fourth-order valence-electron chi connectivity index (χ4n) is 2.38. The van der Waals surface area contributed by atoms with E-state index < -0.39 is 0 Å². The number of hydrogen-bond donors (Lipinski definition) is 1. The van der Waals surface area contributed by atoms with E-state index >= 15 is 0 Å². The van der Waals surface area contributed by atoms with Crippen LogP contribution < -0.4 is 10.2 Å². The molecule has 0 aromatic heterocycles. The Morgan fingerprint density at radius 3 is 3.06 bits per heavy atom. The number of anilines is 1. The maximum Gasteiger partial charge on any atom is 0.0556 e. The lowest BCUT2D eigenvalue weighted by molar-refractivity contribution is 0.548. The molecule has 0 saturated heterocycles. The van der Waals surface area contributed by atoms with E-state index in [9.17, 15) is 0 Å². The van der Waals surface area contributed by atoms with E-state index in [1.165, 1.54) is 28.6 Å². The number of unbranched alkanes of at least 4 members (excludes halogenated alkanes) is 1. The van der Waals surface area contributed by atoms with Gasteiger partial charge in [0.1, 0.15) is 0 Å². The molecule has 1 heterocycles. The SMILES string of the molecule is CCCCN1CC(C)NCc2cccc(Br)c21. The second-order valence-electron chi connectivity index (χ2n) is 4.83. The van der Waals surface area contributed by atoms with E-state index in [0.29, 0.717) is 6.04 Å². The van der Waals surface area contributed by atoms with Crippen molar-refractivity contribution in [2.24, 2.45) is 0 Å². The van der Waals surface area contributed by atoms with Gasteiger partial charge in [0.2, 0.25) is 0 Å². The Labute approximate surface area is 113 Å². The van der Waals surface area contributed by atoms with E-state index in [-0.39, 0.29) is 0 Å². The number of hydrogen-bond acceptors (Lipinski definition) is 2. The van der Waals surface area contributed by atoms with Gasteiger partial charge in [-0.25, -0.2) is 0 Å². The minimum absolute atomic E-state index is 0.547. The van der Waals surface area contributed by atoms with Crippen molar-refractivity contribution in [3.05, 3.63) is 28.2 Å².